The summed E-state index contributed by atoms with van der Waals surface area (Å²) in [5.74, 6) is -0.606. The standard InChI is InChI=1S/C17H19NO6/c1-4-9-24-13-7-5-12(6-8-13)18-11-23-10-14(16(19)21-2)15(18)17(20)22-3/h4-8H,1,9-11H2,2-3H3. The molecular weight excluding hydrogens is 314 g/mol. The van der Waals surface area contributed by atoms with Gasteiger partial charge in [-0.2, -0.15) is 0 Å². The number of carbonyl (C=O) groups is 2. The highest BCUT2D eigenvalue weighted by Crippen LogP contribution is 2.28. The van der Waals surface area contributed by atoms with Gasteiger partial charge in [-0.3, -0.25) is 0 Å². The van der Waals surface area contributed by atoms with Gasteiger partial charge in [-0.1, -0.05) is 12.7 Å². The van der Waals surface area contributed by atoms with Crippen molar-refractivity contribution >= 4 is 17.6 Å². The molecule has 0 fully saturated rings. The van der Waals surface area contributed by atoms with E-state index in [1.165, 1.54) is 14.2 Å². The molecule has 7 heteroatoms. The molecule has 1 aliphatic rings. The van der Waals surface area contributed by atoms with E-state index in [1.807, 2.05) is 0 Å². The average molecular weight is 333 g/mol. The highest BCUT2D eigenvalue weighted by Gasteiger charge is 2.32. The first kappa shape index (κ1) is 17.6. The van der Waals surface area contributed by atoms with Crippen LogP contribution in [0.15, 0.2) is 48.2 Å². The molecule has 1 aromatic carbocycles. The minimum atomic E-state index is -0.634. The summed E-state index contributed by atoms with van der Waals surface area (Å²) in [6.07, 6.45) is 1.65. The van der Waals surface area contributed by atoms with Crippen molar-refractivity contribution in [2.45, 2.75) is 0 Å². The summed E-state index contributed by atoms with van der Waals surface area (Å²) in [7, 11) is 2.50. The van der Waals surface area contributed by atoms with Crippen LogP contribution in [0.25, 0.3) is 0 Å². The second kappa shape index (κ2) is 8.16. The van der Waals surface area contributed by atoms with Gasteiger partial charge in [0.15, 0.2) is 0 Å². The number of benzene rings is 1. The van der Waals surface area contributed by atoms with Gasteiger partial charge in [-0.05, 0) is 24.3 Å². The molecule has 7 nitrogen and oxygen atoms in total. The van der Waals surface area contributed by atoms with Gasteiger partial charge in [0.2, 0.25) is 0 Å². The summed E-state index contributed by atoms with van der Waals surface area (Å²) in [6, 6.07) is 7.01. The van der Waals surface area contributed by atoms with Crippen LogP contribution < -0.4 is 9.64 Å². The molecule has 1 aromatic rings. The Bertz CT molecular complexity index is 650. The van der Waals surface area contributed by atoms with E-state index in [2.05, 4.69) is 6.58 Å². The van der Waals surface area contributed by atoms with Gasteiger partial charge in [0.25, 0.3) is 0 Å². The monoisotopic (exact) mass is 333 g/mol. The van der Waals surface area contributed by atoms with Crippen molar-refractivity contribution in [2.75, 3.05) is 39.1 Å². The van der Waals surface area contributed by atoms with E-state index < -0.39 is 11.9 Å². The molecule has 0 N–H and O–H groups in total. The van der Waals surface area contributed by atoms with Crippen LogP contribution in [0, 0.1) is 0 Å². The fraction of sp³-hybridized carbons (Fsp3) is 0.294. The summed E-state index contributed by atoms with van der Waals surface area (Å²) in [6.45, 7) is 4.07. The Labute approximate surface area is 140 Å². The predicted molar refractivity (Wildman–Crippen MR) is 86.5 cm³/mol. The molecule has 0 unspecified atom stereocenters. The number of esters is 2. The van der Waals surface area contributed by atoms with Crippen molar-refractivity contribution in [2.24, 2.45) is 0 Å². The molecule has 0 atom stereocenters. The summed E-state index contributed by atoms with van der Waals surface area (Å²) in [5.41, 5.74) is 0.875. The first-order valence-electron chi connectivity index (χ1n) is 7.21. The molecule has 0 saturated carbocycles. The van der Waals surface area contributed by atoms with Crippen LogP contribution in [-0.4, -0.2) is 46.1 Å². The third-order valence-corrected chi connectivity index (χ3v) is 3.35. The molecule has 2 rings (SSSR count). The Morgan fingerprint density at radius 2 is 1.88 bits per heavy atom. The third-order valence-electron chi connectivity index (χ3n) is 3.35. The van der Waals surface area contributed by atoms with Gasteiger partial charge in [0.1, 0.15) is 24.8 Å². The minimum Gasteiger partial charge on any atom is -0.490 e. The lowest BCUT2D eigenvalue weighted by Crippen LogP contribution is -2.38. The number of nitrogens with zero attached hydrogens (tertiary/aromatic N) is 1. The number of carbonyl (C=O) groups excluding carboxylic acids is 2. The zero-order chi connectivity index (χ0) is 17.5. The van der Waals surface area contributed by atoms with Crippen LogP contribution in [-0.2, 0) is 23.8 Å². The van der Waals surface area contributed by atoms with Gasteiger partial charge in [0.05, 0.1) is 26.4 Å². The Hall–Kier alpha value is -2.80. The van der Waals surface area contributed by atoms with Crippen molar-refractivity contribution < 1.29 is 28.5 Å². The van der Waals surface area contributed by atoms with Crippen LogP contribution in [0.5, 0.6) is 5.75 Å². The highest BCUT2D eigenvalue weighted by molar-refractivity contribution is 6.03. The number of ether oxygens (including phenoxy) is 4. The Kier molecular flexibility index (Phi) is 5.97. The fourth-order valence-electron chi connectivity index (χ4n) is 2.22. The first-order valence-corrected chi connectivity index (χ1v) is 7.21. The maximum atomic E-state index is 12.2. The van der Waals surface area contributed by atoms with Crippen molar-refractivity contribution in [3.05, 3.63) is 48.2 Å². The lowest BCUT2D eigenvalue weighted by atomic mass is 10.1. The predicted octanol–water partition coefficient (Wildman–Crippen LogP) is 1.65. The molecule has 0 saturated heterocycles. The number of methoxy groups -OCH3 is 2. The number of hydrogen-bond acceptors (Lipinski definition) is 7. The topological polar surface area (TPSA) is 74.3 Å². The second-order valence-corrected chi connectivity index (χ2v) is 4.81. The minimum absolute atomic E-state index is 0.0197. The number of hydrogen-bond donors (Lipinski definition) is 0. The zero-order valence-corrected chi connectivity index (χ0v) is 13.6. The Morgan fingerprint density at radius 3 is 2.46 bits per heavy atom. The summed E-state index contributed by atoms with van der Waals surface area (Å²) >= 11 is 0. The van der Waals surface area contributed by atoms with Crippen LogP contribution in [0.3, 0.4) is 0 Å². The van der Waals surface area contributed by atoms with Crippen LogP contribution in [0.2, 0.25) is 0 Å². The number of rotatable bonds is 6. The van der Waals surface area contributed by atoms with Crippen molar-refractivity contribution in [3.63, 3.8) is 0 Å². The van der Waals surface area contributed by atoms with E-state index in [1.54, 1.807) is 35.2 Å². The van der Waals surface area contributed by atoms with Crippen LogP contribution >= 0.6 is 0 Å². The van der Waals surface area contributed by atoms with E-state index in [9.17, 15) is 9.59 Å². The zero-order valence-electron chi connectivity index (χ0n) is 13.6. The molecule has 0 amide bonds. The van der Waals surface area contributed by atoms with Crippen LogP contribution in [0.4, 0.5) is 5.69 Å². The Balaban J connectivity index is 2.37. The van der Waals surface area contributed by atoms with E-state index in [4.69, 9.17) is 18.9 Å². The summed E-state index contributed by atoms with van der Waals surface area (Å²) < 4.78 is 20.4. The van der Waals surface area contributed by atoms with Crippen molar-refractivity contribution in [1.29, 1.82) is 0 Å². The lowest BCUT2D eigenvalue weighted by molar-refractivity contribution is -0.140. The largest absolute Gasteiger partial charge is 0.490 e. The Morgan fingerprint density at radius 1 is 1.21 bits per heavy atom. The number of anilines is 1. The molecular formula is C17H19NO6. The molecule has 0 spiro atoms. The van der Waals surface area contributed by atoms with Gasteiger partial charge in [-0.15, -0.1) is 0 Å². The second-order valence-electron chi connectivity index (χ2n) is 4.81. The quantitative estimate of drug-likeness (QED) is 0.579. The van der Waals surface area contributed by atoms with E-state index in [0.717, 1.165) is 0 Å². The van der Waals surface area contributed by atoms with E-state index >= 15 is 0 Å². The molecule has 0 aromatic heterocycles. The van der Waals surface area contributed by atoms with Gasteiger partial charge in [0, 0.05) is 5.69 Å². The highest BCUT2D eigenvalue weighted by atomic mass is 16.5. The molecule has 1 aliphatic heterocycles. The molecule has 0 radical (unpaired) electrons. The van der Waals surface area contributed by atoms with Crippen molar-refractivity contribution in [1.82, 2.24) is 0 Å². The molecule has 0 bridgehead atoms. The van der Waals surface area contributed by atoms with Gasteiger partial charge < -0.3 is 23.8 Å². The van der Waals surface area contributed by atoms with E-state index in [0.29, 0.717) is 18.0 Å². The van der Waals surface area contributed by atoms with Crippen LogP contribution in [0.1, 0.15) is 0 Å². The third kappa shape index (κ3) is 3.75. The maximum absolute atomic E-state index is 12.2. The average Bonchev–Trinajstić information content (AvgIpc) is 2.64. The summed E-state index contributed by atoms with van der Waals surface area (Å²) in [4.78, 5) is 25.6. The first-order chi connectivity index (χ1) is 11.6. The SMILES string of the molecule is C=CCOc1ccc(N2COCC(C(=O)OC)=C2C(=O)OC)cc1. The fourth-order valence-corrected chi connectivity index (χ4v) is 2.22. The van der Waals surface area contributed by atoms with Crippen molar-refractivity contribution in [3.8, 4) is 5.75 Å². The normalized spacial score (nSPS) is 14.2. The maximum Gasteiger partial charge on any atom is 0.355 e. The smallest absolute Gasteiger partial charge is 0.355 e. The molecule has 128 valence electrons. The van der Waals surface area contributed by atoms with Gasteiger partial charge >= 0.3 is 11.9 Å². The van der Waals surface area contributed by atoms with E-state index in [-0.39, 0.29) is 24.6 Å². The molecule has 1 heterocycles. The molecule has 24 heavy (non-hydrogen) atoms. The lowest BCUT2D eigenvalue weighted by Gasteiger charge is -2.31. The van der Waals surface area contributed by atoms with Gasteiger partial charge in [-0.25, -0.2) is 9.59 Å². The summed E-state index contributed by atoms with van der Waals surface area (Å²) in [5, 5.41) is 0. The molecule has 0 aliphatic carbocycles.